The molecule has 0 saturated carbocycles. The van der Waals surface area contributed by atoms with E-state index in [0.29, 0.717) is 17.3 Å². The number of methoxy groups -OCH3 is 1. The van der Waals surface area contributed by atoms with Crippen LogP contribution in [0.5, 0.6) is 5.75 Å². The van der Waals surface area contributed by atoms with Gasteiger partial charge in [-0.2, -0.15) is 0 Å². The molecule has 2 aromatic rings. The molecule has 94 valence electrons. The van der Waals surface area contributed by atoms with Gasteiger partial charge >= 0.3 is 0 Å². The fourth-order valence-electron chi connectivity index (χ4n) is 1.74. The van der Waals surface area contributed by atoms with Crippen LogP contribution in [0.4, 0.5) is 0 Å². The topological polar surface area (TPSA) is 55.0 Å². The van der Waals surface area contributed by atoms with Crippen LogP contribution in [0.3, 0.4) is 0 Å². The first-order chi connectivity index (χ1) is 8.61. The molecule has 0 aliphatic heterocycles. The molecular formula is C14H16N2O2. The Bertz CT molecular complexity index is 603. The summed E-state index contributed by atoms with van der Waals surface area (Å²) in [5.74, 6) is 1.57. The van der Waals surface area contributed by atoms with Gasteiger partial charge in [-0.1, -0.05) is 26.0 Å². The molecule has 1 aromatic heterocycles. The van der Waals surface area contributed by atoms with E-state index in [0.717, 1.165) is 5.56 Å². The van der Waals surface area contributed by atoms with E-state index in [2.05, 4.69) is 9.97 Å². The first-order valence-corrected chi connectivity index (χ1v) is 5.86. The zero-order valence-electron chi connectivity index (χ0n) is 10.7. The summed E-state index contributed by atoms with van der Waals surface area (Å²) < 4.78 is 5.29. The molecule has 1 aromatic carbocycles. The zero-order chi connectivity index (χ0) is 13.1. The molecule has 1 heterocycles. The molecular weight excluding hydrogens is 228 g/mol. The SMILES string of the molecule is COc1ccccc1-c1cc(=O)[nH]c(C(C)C)n1. The number of H-pyrrole nitrogens is 1. The lowest BCUT2D eigenvalue weighted by Gasteiger charge is -2.10. The minimum Gasteiger partial charge on any atom is -0.496 e. The molecule has 0 fully saturated rings. The monoisotopic (exact) mass is 244 g/mol. The number of hydrogen-bond donors (Lipinski definition) is 1. The van der Waals surface area contributed by atoms with E-state index in [9.17, 15) is 4.79 Å². The minimum atomic E-state index is -0.144. The first-order valence-electron chi connectivity index (χ1n) is 5.86. The number of nitrogens with one attached hydrogen (secondary N) is 1. The normalized spacial score (nSPS) is 10.7. The molecule has 0 saturated heterocycles. The van der Waals surface area contributed by atoms with Gasteiger partial charge in [0.05, 0.1) is 12.8 Å². The van der Waals surface area contributed by atoms with E-state index in [1.54, 1.807) is 7.11 Å². The van der Waals surface area contributed by atoms with Gasteiger partial charge < -0.3 is 9.72 Å². The quantitative estimate of drug-likeness (QED) is 0.902. The van der Waals surface area contributed by atoms with Crippen LogP contribution in [0.15, 0.2) is 35.1 Å². The van der Waals surface area contributed by atoms with Crippen molar-refractivity contribution < 1.29 is 4.74 Å². The molecule has 0 amide bonds. The summed E-state index contributed by atoms with van der Waals surface area (Å²) in [4.78, 5) is 18.9. The second-order valence-corrected chi connectivity index (χ2v) is 4.37. The molecule has 0 unspecified atom stereocenters. The number of aromatic amines is 1. The third kappa shape index (κ3) is 2.42. The Morgan fingerprint density at radius 3 is 2.67 bits per heavy atom. The van der Waals surface area contributed by atoms with E-state index >= 15 is 0 Å². The lowest BCUT2D eigenvalue weighted by molar-refractivity contribution is 0.416. The minimum absolute atomic E-state index is 0.144. The van der Waals surface area contributed by atoms with Gasteiger partial charge in [0.2, 0.25) is 0 Å². The van der Waals surface area contributed by atoms with Crippen LogP contribution in [-0.2, 0) is 0 Å². The van der Waals surface area contributed by atoms with Crippen LogP contribution in [0.25, 0.3) is 11.3 Å². The molecule has 0 spiro atoms. The molecule has 18 heavy (non-hydrogen) atoms. The predicted molar refractivity (Wildman–Crippen MR) is 70.9 cm³/mol. The molecule has 0 aliphatic rings. The summed E-state index contributed by atoms with van der Waals surface area (Å²) in [5.41, 5.74) is 1.32. The largest absolute Gasteiger partial charge is 0.496 e. The second-order valence-electron chi connectivity index (χ2n) is 4.37. The number of rotatable bonds is 3. The van der Waals surface area contributed by atoms with Crippen molar-refractivity contribution in [2.24, 2.45) is 0 Å². The van der Waals surface area contributed by atoms with E-state index < -0.39 is 0 Å². The molecule has 4 nitrogen and oxygen atoms in total. The van der Waals surface area contributed by atoms with E-state index in [1.807, 2.05) is 38.1 Å². The van der Waals surface area contributed by atoms with Gasteiger partial charge in [-0.25, -0.2) is 4.98 Å². The fraction of sp³-hybridized carbons (Fsp3) is 0.286. The lowest BCUT2D eigenvalue weighted by Crippen LogP contribution is -2.12. The first kappa shape index (κ1) is 12.4. The molecule has 2 rings (SSSR count). The van der Waals surface area contributed by atoms with Crippen molar-refractivity contribution >= 4 is 0 Å². The highest BCUT2D eigenvalue weighted by atomic mass is 16.5. The highest BCUT2D eigenvalue weighted by molar-refractivity contribution is 5.66. The molecule has 4 heteroatoms. The van der Waals surface area contributed by atoms with E-state index in [-0.39, 0.29) is 11.5 Å². The van der Waals surface area contributed by atoms with Gasteiger partial charge in [0.25, 0.3) is 5.56 Å². The third-order valence-corrected chi connectivity index (χ3v) is 2.69. The summed E-state index contributed by atoms with van der Waals surface area (Å²) >= 11 is 0. The van der Waals surface area contributed by atoms with E-state index in [1.165, 1.54) is 6.07 Å². The molecule has 1 N–H and O–H groups in total. The van der Waals surface area contributed by atoms with Crippen molar-refractivity contribution in [3.63, 3.8) is 0 Å². The van der Waals surface area contributed by atoms with Gasteiger partial charge in [-0.3, -0.25) is 4.79 Å². The Balaban J connectivity index is 2.60. The maximum Gasteiger partial charge on any atom is 0.251 e. The lowest BCUT2D eigenvalue weighted by atomic mass is 10.1. The van der Waals surface area contributed by atoms with Crippen molar-refractivity contribution in [1.82, 2.24) is 9.97 Å². The zero-order valence-corrected chi connectivity index (χ0v) is 10.7. The number of nitrogens with zero attached hydrogens (tertiary/aromatic N) is 1. The van der Waals surface area contributed by atoms with Crippen molar-refractivity contribution in [3.8, 4) is 17.0 Å². The molecule has 0 aliphatic carbocycles. The summed E-state index contributed by atoms with van der Waals surface area (Å²) in [6.07, 6.45) is 0. The second kappa shape index (κ2) is 5.04. The van der Waals surface area contributed by atoms with Crippen molar-refractivity contribution in [3.05, 3.63) is 46.5 Å². The van der Waals surface area contributed by atoms with Crippen LogP contribution in [-0.4, -0.2) is 17.1 Å². The van der Waals surface area contributed by atoms with Crippen LogP contribution in [0.2, 0.25) is 0 Å². The Labute approximate surface area is 106 Å². The number of hydrogen-bond acceptors (Lipinski definition) is 3. The standard InChI is InChI=1S/C14H16N2O2/c1-9(2)14-15-11(8-13(17)16-14)10-6-4-5-7-12(10)18-3/h4-9H,1-3H3,(H,15,16,17). The number of benzene rings is 1. The Morgan fingerprint density at radius 2 is 2.00 bits per heavy atom. The number of aromatic nitrogens is 2. The van der Waals surface area contributed by atoms with E-state index in [4.69, 9.17) is 4.74 Å². The van der Waals surface area contributed by atoms with Gasteiger partial charge in [0, 0.05) is 17.5 Å². The molecule has 0 radical (unpaired) electrons. The fourth-order valence-corrected chi connectivity index (χ4v) is 1.74. The van der Waals surface area contributed by atoms with Gasteiger partial charge in [-0.15, -0.1) is 0 Å². The summed E-state index contributed by atoms with van der Waals surface area (Å²) in [6, 6.07) is 9.02. The summed E-state index contributed by atoms with van der Waals surface area (Å²) in [7, 11) is 1.61. The van der Waals surface area contributed by atoms with Gasteiger partial charge in [-0.05, 0) is 12.1 Å². The van der Waals surface area contributed by atoms with Crippen molar-refractivity contribution in [2.75, 3.05) is 7.11 Å². The highest BCUT2D eigenvalue weighted by Gasteiger charge is 2.10. The Kier molecular flexibility index (Phi) is 3.46. The van der Waals surface area contributed by atoms with Gasteiger partial charge in [0.1, 0.15) is 11.6 Å². The van der Waals surface area contributed by atoms with Crippen LogP contribution in [0, 0.1) is 0 Å². The highest BCUT2D eigenvalue weighted by Crippen LogP contribution is 2.27. The van der Waals surface area contributed by atoms with Crippen LogP contribution in [0.1, 0.15) is 25.6 Å². The molecule has 0 bridgehead atoms. The Hall–Kier alpha value is -2.10. The smallest absolute Gasteiger partial charge is 0.251 e. The third-order valence-electron chi connectivity index (χ3n) is 2.69. The van der Waals surface area contributed by atoms with Crippen molar-refractivity contribution in [1.29, 1.82) is 0 Å². The maximum atomic E-state index is 11.7. The average Bonchev–Trinajstić information content (AvgIpc) is 2.38. The average molecular weight is 244 g/mol. The summed E-state index contributed by atoms with van der Waals surface area (Å²) in [5, 5.41) is 0. The van der Waals surface area contributed by atoms with Crippen molar-refractivity contribution in [2.45, 2.75) is 19.8 Å². The van der Waals surface area contributed by atoms with Crippen LogP contribution < -0.4 is 10.3 Å². The van der Waals surface area contributed by atoms with Crippen LogP contribution >= 0.6 is 0 Å². The summed E-state index contributed by atoms with van der Waals surface area (Å²) in [6.45, 7) is 3.98. The number of para-hydroxylation sites is 1. The predicted octanol–water partition coefficient (Wildman–Crippen LogP) is 2.57. The van der Waals surface area contributed by atoms with Gasteiger partial charge in [0.15, 0.2) is 0 Å². The Morgan fingerprint density at radius 1 is 1.28 bits per heavy atom. The number of ether oxygens (including phenoxy) is 1. The maximum absolute atomic E-state index is 11.7. The molecule has 0 atom stereocenters.